The van der Waals surface area contributed by atoms with Crippen molar-refractivity contribution in [2.45, 2.75) is 33.1 Å². The van der Waals surface area contributed by atoms with Gasteiger partial charge in [0.2, 0.25) is 0 Å². The summed E-state index contributed by atoms with van der Waals surface area (Å²) in [5.41, 5.74) is 8.14. The molecule has 134 valence electrons. The fraction of sp³-hybridized carbons (Fsp3) is 0.500. The molecule has 3 rings (SSSR count). The molecule has 2 heterocycles. The first-order chi connectivity index (χ1) is 12.0. The maximum atomic E-state index is 13.1. The van der Waals surface area contributed by atoms with Crippen LogP contribution in [0.2, 0.25) is 0 Å². The summed E-state index contributed by atoms with van der Waals surface area (Å²) in [4.78, 5) is 20.4. The number of carbonyl (C=O) groups is 1. The molecule has 2 atom stereocenters. The van der Waals surface area contributed by atoms with Crippen molar-refractivity contribution in [1.82, 2.24) is 9.88 Å². The van der Waals surface area contributed by atoms with Crippen LogP contribution >= 0.6 is 11.3 Å². The van der Waals surface area contributed by atoms with E-state index in [1.165, 1.54) is 5.56 Å². The second-order valence-corrected chi connectivity index (χ2v) is 8.43. The highest BCUT2D eigenvalue weighted by atomic mass is 32.1. The molecular formula is C20H27N3OS. The van der Waals surface area contributed by atoms with Crippen LogP contribution in [0.3, 0.4) is 0 Å². The quantitative estimate of drug-likeness (QED) is 0.891. The van der Waals surface area contributed by atoms with Crippen LogP contribution in [-0.2, 0) is 6.42 Å². The lowest BCUT2D eigenvalue weighted by molar-refractivity contribution is 0.0790. The highest BCUT2D eigenvalue weighted by Crippen LogP contribution is 2.34. The molecule has 25 heavy (non-hydrogen) atoms. The predicted molar refractivity (Wildman–Crippen MR) is 103 cm³/mol. The number of hydrogen-bond donors (Lipinski definition) is 1. The summed E-state index contributed by atoms with van der Waals surface area (Å²) >= 11 is 1.56. The Morgan fingerprint density at radius 2 is 2.04 bits per heavy atom. The number of aromatic nitrogens is 1. The molecule has 0 unspecified atom stereocenters. The molecule has 0 radical (unpaired) electrons. The number of thiazole rings is 1. The van der Waals surface area contributed by atoms with Gasteiger partial charge in [-0.2, -0.15) is 0 Å². The fourth-order valence-corrected chi connectivity index (χ4v) is 4.83. The number of amides is 1. The van der Waals surface area contributed by atoms with E-state index >= 15 is 0 Å². The number of rotatable bonds is 5. The topological polar surface area (TPSA) is 59.2 Å². The molecule has 1 aromatic heterocycles. The van der Waals surface area contributed by atoms with Crippen LogP contribution in [-0.4, -0.2) is 35.4 Å². The molecule has 5 heteroatoms. The van der Waals surface area contributed by atoms with Crippen LogP contribution in [0.25, 0.3) is 0 Å². The van der Waals surface area contributed by atoms with Crippen LogP contribution in [0, 0.1) is 18.8 Å². The normalized spacial score (nSPS) is 20.4. The Balaban J connectivity index is 1.78. The first-order valence-electron chi connectivity index (χ1n) is 9.00. The van der Waals surface area contributed by atoms with Crippen molar-refractivity contribution >= 4 is 17.2 Å². The minimum atomic E-state index is 0.113. The van der Waals surface area contributed by atoms with E-state index in [1.54, 1.807) is 11.3 Å². The minimum Gasteiger partial charge on any atom is -0.337 e. The lowest BCUT2D eigenvalue weighted by Gasteiger charge is -2.16. The van der Waals surface area contributed by atoms with Crippen molar-refractivity contribution < 1.29 is 4.79 Å². The molecule has 1 aliphatic rings. The second-order valence-electron chi connectivity index (χ2n) is 7.34. The molecule has 2 aromatic rings. The summed E-state index contributed by atoms with van der Waals surface area (Å²) in [6.07, 6.45) is 0.927. The van der Waals surface area contributed by atoms with Crippen molar-refractivity contribution in [3.63, 3.8) is 0 Å². The molecule has 1 fully saturated rings. The van der Waals surface area contributed by atoms with Gasteiger partial charge in [-0.1, -0.05) is 44.2 Å². The van der Waals surface area contributed by atoms with E-state index in [9.17, 15) is 4.79 Å². The van der Waals surface area contributed by atoms with Crippen molar-refractivity contribution in [1.29, 1.82) is 0 Å². The summed E-state index contributed by atoms with van der Waals surface area (Å²) in [5, 5.41) is 1.06. The number of hydrogen-bond acceptors (Lipinski definition) is 4. The minimum absolute atomic E-state index is 0.113. The molecule has 1 saturated heterocycles. The van der Waals surface area contributed by atoms with E-state index in [2.05, 4.69) is 43.1 Å². The first-order valence-corrected chi connectivity index (χ1v) is 9.81. The zero-order valence-corrected chi connectivity index (χ0v) is 16.1. The van der Waals surface area contributed by atoms with E-state index in [4.69, 9.17) is 5.73 Å². The van der Waals surface area contributed by atoms with Gasteiger partial charge in [0.05, 0.1) is 10.7 Å². The molecule has 1 amide bonds. The maximum Gasteiger partial charge on any atom is 0.265 e. The number of benzene rings is 1. The highest BCUT2D eigenvalue weighted by molar-refractivity contribution is 7.13. The smallest absolute Gasteiger partial charge is 0.265 e. The first kappa shape index (κ1) is 18.1. The third kappa shape index (κ3) is 3.93. The SMILES string of the molecule is Cc1nc(CC(C)C)sc1C(=O)N1C[C@@H](CN)[C@H](c2ccccc2)C1. The number of carbonyl (C=O) groups excluding carboxylic acids is 1. The number of likely N-dealkylation sites (tertiary alicyclic amines) is 1. The molecule has 0 aliphatic carbocycles. The van der Waals surface area contributed by atoms with Gasteiger partial charge in [0.1, 0.15) is 4.88 Å². The predicted octanol–water partition coefficient (Wildman–Crippen LogP) is 3.46. The Morgan fingerprint density at radius 3 is 2.68 bits per heavy atom. The molecular weight excluding hydrogens is 330 g/mol. The van der Waals surface area contributed by atoms with Gasteiger partial charge < -0.3 is 10.6 Å². The zero-order valence-electron chi connectivity index (χ0n) is 15.2. The van der Waals surface area contributed by atoms with E-state index in [1.807, 2.05) is 17.9 Å². The summed E-state index contributed by atoms with van der Waals surface area (Å²) in [6, 6.07) is 10.4. The maximum absolute atomic E-state index is 13.1. The van der Waals surface area contributed by atoms with E-state index in [0.717, 1.165) is 35.1 Å². The lowest BCUT2D eigenvalue weighted by Crippen LogP contribution is -2.29. The Morgan fingerprint density at radius 1 is 1.32 bits per heavy atom. The van der Waals surface area contributed by atoms with Gasteiger partial charge in [0.15, 0.2) is 0 Å². The van der Waals surface area contributed by atoms with Crippen LogP contribution in [0.4, 0.5) is 0 Å². The van der Waals surface area contributed by atoms with Crippen molar-refractivity contribution in [2.75, 3.05) is 19.6 Å². The zero-order chi connectivity index (χ0) is 18.0. The third-order valence-corrected chi connectivity index (χ3v) is 6.04. The number of nitrogens with zero attached hydrogens (tertiary/aromatic N) is 2. The van der Waals surface area contributed by atoms with E-state index < -0.39 is 0 Å². The van der Waals surface area contributed by atoms with Crippen LogP contribution in [0.15, 0.2) is 30.3 Å². The van der Waals surface area contributed by atoms with Crippen LogP contribution < -0.4 is 5.73 Å². The molecule has 2 N–H and O–H groups in total. The molecule has 0 spiro atoms. The average molecular weight is 358 g/mol. The van der Waals surface area contributed by atoms with E-state index in [0.29, 0.717) is 24.3 Å². The van der Waals surface area contributed by atoms with E-state index in [-0.39, 0.29) is 5.91 Å². The average Bonchev–Trinajstić information content (AvgIpc) is 3.18. The number of aryl methyl sites for hydroxylation is 1. The van der Waals surface area contributed by atoms with Crippen molar-refractivity contribution in [2.24, 2.45) is 17.6 Å². The Bertz CT molecular complexity index is 726. The van der Waals surface area contributed by atoms with Crippen molar-refractivity contribution in [3.05, 3.63) is 51.5 Å². The van der Waals surface area contributed by atoms with Gasteiger partial charge in [-0.05, 0) is 30.9 Å². The monoisotopic (exact) mass is 357 g/mol. The summed E-state index contributed by atoms with van der Waals surface area (Å²) in [6.45, 7) is 8.36. The second kappa shape index (κ2) is 7.67. The van der Waals surface area contributed by atoms with Crippen LogP contribution in [0.5, 0.6) is 0 Å². The van der Waals surface area contributed by atoms with Crippen molar-refractivity contribution in [3.8, 4) is 0 Å². The van der Waals surface area contributed by atoms with Crippen LogP contribution in [0.1, 0.15) is 45.7 Å². The summed E-state index contributed by atoms with van der Waals surface area (Å²) < 4.78 is 0. The molecule has 1 aliphatic heterocycles. The standard InChI is InChI=1S/C20H27N3OS/c1-13(2)9-18-22-14(3)19(25-18)20(24)23-11-16(10-21)17(12-23)15-7-5-4-6-8-15/h4-8,13,16-17H,9-12,21H2,1-3H3/t16-,17+/m1/s1. The van der Waals surface area contributed by atoms with Gasteiger partial charge >= 0.3 is 0 Å². The molecule has 4 nitrogen and oxygen atoms in total. The third-order valence-electron chi connectivity index (χ3n) is 4.88. The highest BCUT2D eigenvalue weighted by Gasteiger charge is 2.36. The summed E-state index contributed by atoms with van der Waals surface area (Å²) in [7, 11) is 0. The lowest BCUT2D eigenvalue weighted by atomic mass is 9.89. The Kier molecular flexibility index (Phi) is 5.54. The molecule has 0 bridgehead atoms. The van der Waals surface area contributed by atoms with Gasteiger partial charge in [-0.25, -0.2) is 4.98 Å². The fourth-order valence-electron chi connectivity index (χ4n) is 3.58. The molecule has 0 saturated carbocycles. The Hall–Kier alpha value is -1.72. The Labute approximate surface area is 154 Å². The number of nitrogens with two attached hydrogens (primary N) is 1. The molecule has 1 aromatic carbocycles. The largest absolute Gasteiger partial charge is 0.337 e. The summed E-state index contributed by atoms with van der Waals surface area (Å²) in [5.74, 6) is 1.29. The van der Waals surface area contributed by atoms with Gasteiger partial charge in [0, 0.05) is 25.4 Å². The van der Waals surface area contributed by atoms with Gasteiger partial charge in [0.25, 0.3) is 5.91 Å². The van der Waals surface area contributed by atoms with Gasteiger partial charge in [-0.15, -0.1) is 11.3 Å². The van der Waals surface area contributed by atoms with Gasteiger partial charge in [-0.3, -0.25) is 4.79 Å².